The minimum atomic E-state index is -0.0737. The van der Waals surface area contributed by atoms with E-state index in [0.717, 1.165) is 29.5 Å². The molecule has 2 heterocycles. The molecule has 112 valence electrons. The van der Waals surface area contributed by atoms with Crippen LogP contribution >= 0.6 is 11.3 Å². The smallest absolute Gasteiger partial charge is 0.263 e. The molecule has 2 aromatic rings. The standard InChI is InChI=1S/C16H20N2O2S/c1-2-12-10(7-8-20-12)9-18-16(19)15-14(17)11-5-3-4-6-13(11)21-15/h3-6,10,12H,2,7-9,17H2,1H3,(H,18,19). The molecule has 5 heteroatoms. The van der Waals surface area contributed by atoms with E-state index in [-0.39, 0.29) is 12.0 Å². The van der Waals surface area contributed by atoms with Crippen LogP contribution in [0, 0.1) is 5.92 Å². The SMILES string of the molecule is CCC1OCCC1CNC(=O)c1sc2ccccc2c1N. The second kappa shape index (κ2) is 6.03. The van der Waals surface area contributed by atoms with Gasteiger partial charge in [-0.15, -0.1) is 11.3 Å². The van der Waals surface area contributed by atoms with Gasteiger partial charge in [0.1, 0.15) is 4.88 Å². The highest BCUT2D eigenvalue weighted by Crippen LogP contribution is 2.33. The Bertz CT molecular complexity index is 653. The van der Waals surface area contributed by atoms with Crippen LogP contribution in [-0.4, -0.2) is 25.2 Å². The van der Waals surface area contributed by atoms with Gasteiger partial charge in [0.25, 0.3) is 5.91 Å². The van der Waals surface area contributed by atoms with Gasteiger partial charge in [-0.2, -0.15) is 0 Å². The molecule has 21 heavy (non-hydrogen) atoms. The first-order chi connectivity index (χ1) is 10.2. The summed E-state index contributed by atoms with van der Waals surface area (Å²) < 4.78 is 6.70. The number of hydrogen-bond donors (Lipinski definition) is 2. The third kappa shape index (κ3) is 2.76. The van der Waals surface area contributed by atoms with E-state index < -0.39 is 0 Å². The van der Waals surface area contributed by atoms with E-state index in [1.54, 1.807) is 0 Å². The summed E-state index contributed by atoms with van der Waals surface area (Å²) in [5.41, 5.74) is 6.69. The predicted molar refractivity (Wildman–Crippen MR) is 86.7 cm³/mol. The summed E-state index contributed by atoms with van der Waals surface area (Å²) >= 11 is 1.45. The molecule has 4 nitrogen and oxygen atoms in total. The largest absolute Gasteiger partial charge is 0.397 e. The number of amides is 1. The molecule has 1 saturated heterocycles. The van der Waals surface area contributed by atoms with E-state index >= 15 is 0 Å². The van der Waals surface area contributed by atoms with E-state index in [0.29, 0.717) is 23.0 Å². The highest BCUT2D eigenvalue weighted by molar-refractivity contribution is 7.21. The van der Waals surface area contributed by atoms with Gasteiger partial charge in [0.15, 0.2) is 0 Å². The Labute approximate surface area is 128 Å². The predicted octanol–water partition coefficient (Wildman–Crippen LogP) is 3.03. The van der Waals surface area contributed by atoms with Crippen LogP contribution in [0.2, 0.25) is 0 Å². The number of thiophene rings is 1. The number of benzene rings is 1. The van der Waals surface area contributed by atoms with Crippen LogP contribution in [0.25, 0.3) is 10.1 Å². The summed E-state index contributed by atoms with van der Waals surface area (Å²) in [6, 6.07) is 7.84. The van der Waals surface area contributed by atoms with Crippen LogP contribution in [0.15, 0.2) is 24.3 Å². The van der Waals surface area contributed by atoms with Gasteiger partial charge in [-0.1, -0.05) is 25.1 Å². The van der Waals surface area contributed by atoms with Gasteiger partial charge in [0.05, 0.1) is 11.8 Å². The number of nitrogens with two attached hydrogens (primary N) is 1. The maximum Gasteiger partial charge on any atom is 0.263 e. The van der Waals surface area contributed by atoms with E-state index in [9.17, 15) is 4.79 Å². The Balaban J connectivity index is 1.71. The zero-order valence-electron chi connectivity index (χ0n) is 12.1. The molecule has 1 fully saturated rings. The van der Waals surface area contributed by atoms with Crippen molar-refractivity contribution in [3.8, 4) is 0 Å². The molecule has 2 atom stereocenters. The average molecular weight is 304 g/mol. The maximum atomic E-state index is 12.4. The van der Waals surface area contributed by atoms with Crippen molar-refractivity contribution in [1.29, 1.82) is 0 Å². The normalized spacial score (nSPS) is 21.8. The Morgan fingerprint density at radius 3 is 3.05 bits per heavy atom. The van der Waals surface area contributed by atoms with Crippen molar-refractivity contribution >= 4 is 33.0 Å². The summed E-state index contributed by atoms with van der Waals surface area (Å²) in [5.74, 6) is 0.338. The van der Waals surface area contributed by atoms with Gasteiger partial charge < -0.3 is 15.8 Å². The van der Waals surface area contributed by atoms with Crippen LogP contribution in [0.1, 0.15) is 29.4 Å². The van der Waals surface area contributed by atoms with Gasteiger partial charge in [0, 0.05) is 29.2 Å². The maximum absolute atomic E-state index is 12.4. The van der Waals surface area contributed by atoms with Crippen molar-refractivity contribution < 1.29 is 9.53 Å². The Hall–Kier alpha value is -1.59. The van der Waals surface area contributed by atoms with Gasteiger partial charge in [-0.25, -0.2) is 0 Å². The van der Waals surface area contributed by atoms with Crippen molar-refractivity contribution in [2.24, 2.45) is 5.92 Å². The highest BCUT2D eigenvalue weighted by atomic mass is 32.1. The number of carbonyl (C=O) groups is 1. The fourth-order valence-corrected chi connectivity index (χ4v) is 3.95. The topological polar surface area (TPSA) is 64.3 Å². The molecular formula is C16H20N2O2S. The summed E-state index contributed by atoms with van der Waals surface area (Å²) in [7, 11) is 0. The number of ether oxygens (including phenoxy) is 1. The minimum Gasteiger partial charge on any atom is -0.397 e. The Kier molecular flexibility index (Phi) is 4.12. The lowest BCUT2D eigenvalue weighted by Gasteiger charge is -2.17. The third-order valence-corrected chi connectivity index (χ3v) is 5.30. The first-order valence-electron chi connectivity index (χ1n) is 7.37. The van der Waals surface area contributed by atoms with Crippen molar-refractivity contribution in [1.82, 2.24) is 5.32 Å². The van der Waals surface area contributed by atoms with Crippen LogP contribution in [0.4, 0.5) is 5.69 Å². The molecule has 0 spiro atoms. The van der Waals surface area contributed by atoms with Crippen molar-refractivity contribution in [2.45, 2.75) is 25.9 Å². The first-order valence-corrected chi connectivity index (χ1v) is 8.19. The molecule has 1 aliphatic rings. The third-order valence-electron chi connectivity index (χ3n) is 4.11. The molecule has 1 aromatic heterocycles. The summed E-state index contributed by atoms with van der Waals surface area (Å²) in [6.45, 7) is 3.57. The number of nitrogens with one attached hydrogen (secondary N) is 1. The lowest BCUT2D eigenvalue weighted by molar-refractivity contribution is 0.0828. The summed E-state index contributed by atoms with van der Waals surface area (Å²) in [4.78, 5) is 13.0. The highest BCUT2D eigenvalue weighted by Gasteiger charge is 2.27. The molecule has 1 aromatic carbocycles. The molecule has 2 unspecified atom stereocenters. The molecule has 3 N–H and O–H groups in total. The monoisotopic (exact) mass is 304 g/mol. The van der Waals surface area contributed by atoms with Gasteiger partial charge in [-0.3, -0.25) is 4.79 Å². The molecule has 1 aliphatic heterocycles. The zero-order chi connectivity index (χ0) is 14.8. The molecule has 0 saturated carbocycles. The molecular weight excluding hydrogens is 284 g/mol. The number of rotatable bonds is 4. The van der Waals surface area contributed by atoms with Gasteiger partial charge in [-0.05, 0) is 18.9 Å². The molecule has 0 radical (unpaired) electrons. The van der Waals surface area contributed by atoms with E-state index in [4.69, 9.17) is 10.5 Å². The lowest BCUT2D eigenvalue weighted by Crippen LogP contribution is -2.32. The molecule has 3 rings (SSSR count). The number of carbonyl (C=O) groups excluding carboxylic acids is 1. The van der Waals surface area contributed by atoms with Gasteiger partial charge in [0.2, 0.25) is 0 Å². The molecule has 0 aliphatic carbocycles. The molecule has 0 bridgehead atoms. The number of anilines is 1. The van der Waals surface area contributed by atoms with Crippen LogP contribution < -0.4 is 11.1 Å². The Morgan fingerprint density at radius 2 is 2.29 bits per heavy atom. The first kappa shape index (κ1) is 14.4. The zero-order valence-corrected chi connectivity index (χ0v) is 12.9. The number of fused-ring (bicyclic) bond motifs is 1. The van der Waals surface area contributed by atoms with Crippen LogP contribution in [-0.2, 0) is 4.74 Å². The second-order valence-electron chi connectivity index (χ2n) is 5.42. The molecule has 1 amide bonds. The Morgan fingerprint density at radius 1 is 1.48 bits per heavy atom. The van der Waals surface area contributed by atoms with Crippen LogP contribution in [0.3, 0.4) is 0 Å². The van der Waals surface area contributed by atoms with Crippen molar-refractivity contribution in [2.75, 3.05) is 18.9 Å². The van der Waals surface area contributed by atoms with E-state index in [2.05, 4.69) is 12.2 Å². The van der Waals surface area contributed by atoms with E-state index in [1.165, 1.54) is 11.3 Å². The van der Waals surface area contributed by atoms with Crippen LogP contribution in [0.5, 0.6) is 0 Å². The number of hydrogen-bond acceptors (Lipinski definition) is 4. The number of nitrogen functional groups attached to an aromatic ring is 1. The summed E-state index contributed by atoms with van der Waals surface area (Å²) in [6.07, 6.45) is 2.27. The van der Waals surface area contributed by atoms with Gasteiger partial charge >= 0.3 is 0 Å². The summed E-state index contributed by atoms with van der Waals surface area (Å²) in [5, 5.41) is 3.98. The average Bonchev–Trinajstić information content (AvgIpc) is 3.09. The quantitative estimate of drug-likeness (QED) is 0.912. The lowest BCUT2D eigenvalue weighted by atomic mass is 10.00. The minimum absolute atomic E-state index is 0.0737. The van der Waals surface area contributed by atoms with E-state index in [1.807, 2.05) is 24.3 Å². The second-order valence-corrected chi connectivity index (χ2v) is 6.47. The van der Waals surface area contributed by atoms with Crippen molar-refractivity contribution in [3.63, 3.8) is 0 Å². The fourth-order valence-electron chi connectivity index (χ4n) is 2.92. The fraction of sp³-hybridized carbons (Fsp3) is 0.438. The van der Waals surface area contributed by atoms with Crippen molar-refractivity contribution in [3.05, 3.63) is 29.1 Å².